The van der Waals surface area contributed by atoms with Crippen LogP contribution in [0, 0.1) is 19.9 Å². The molecule has 115 valence electrons. The predicted octanol–water partition coefficient (Wildman–Crippen LogP) is 5.44. The van der Waals surface area contributed by atoms with E-state index >= 15 is 0 Å². The van der Waals surface area contributed by atoms with E-state index in [0.29, 0.717) is 5.92 Å². The van der Waals surface area contributed by atoms with Gasteiger partial charge in [0.25, 0.3) is 0 Å². The minimum Gasteiger partial charge on any atom is -0.304 e. The number of aromatic nitrogens is 1. The predicted molar refractivity (Wildman–Crippen MR) is 89.6 cm³/mol. The number of hydrogen-bond acceptors (Lipinski definition) is 1. The molecule has 1 nitrogen and oxygen atoms in total. The summed E-state index contributed by atoms with van der Waals surface area (Å²) in [6, 6.07) is 16.5. The van der Waals surface area contributed by atoms with Gasteiger partial charge in [0.15, 0.2) is 0 Å². The fourth-order valence-electron chi connectivity index (χ4n) is 2.78. The molecule has 0 amide bonds. The van der Waals surface area contributed by atoms with Gasteiger partial charge in [-0.05, 0) is 34.0 Å². The van der Waals surface area contributed by atoms with Gasteiger partial charge in [0.1, 0.15) is 0 Å². The Morgan fingerprint density at radius 3 is 2.45 bits per heavy atom. The van der Waals surface area contributed by atoms with Crippen molar-refractivity contribution >= 4 is 10.8 Å². The van der Waals surface area contributed by atoms with Crippen LogP contribution in [0.3, 0.4) is 0 Å². The van der Waals surface area contributed by atoms with Crippen LogP contribution >= 0.6 is 0 Å². The van der Waals surface area contributed by atoms with Gasteiger partial charge in [-0.3, -0.25) is 0 Å². The van der Waals surface area contributed by atoms with E-state index in [2.05, 4.69) is 75.1 Å². The third kappa shape index (κ3) is 3.29. The zero-order valence-electron chi connectivity index (χ0n) is 13.4. The van der Waals surface area contributed by atoms with Crippen molar-refractivity contribution in [2.45, 2.75) is 33.6 Å². The topological polar surface area (TPSA) is 12.9 Å². The Bertz CT molecular complexity index is 786. The van der Waals surface area contributed by atoms with Crippen LogP contribution in [0.25, 0.3) is 22.0 Å². The second-order valence-corrected chi connectivity index (χ2v) is 6.05. The van der Waals surface area contributed by atoms with E-state index in [4.69, 9.17) is 0 Å². The summed E-state index contributed by atoms with van der Waals surface area (Å²) in [7, 11) is 0. The monoisotopic (exact) mass is 467 g/mol. The Balaban J connectivity index is 0.00000176. The summed E-state index contributed by atoms with van der Waals surface area (Å²) in [4.78, 5) is 4.63. The van der Waals surface area contributed by atoms with Crippen molar-refractivity contribution in [1.29, 1.82) is 0 Å². The van der Waals surface area contributed by atoms with Crippen LogP contribution in [0.2, 0.25) is 0 Å². The molecular weight excluding hydrogens is 446 g/mol. The number of hydrogen-bond donors (Lipinski definition) is 0. The smallest absolute Gasteiger partial charge is 0.0167 e. The average Bonchev–Trinajstić information content (AvgIpc) is 2.45. The Morgan fingerprint density at radius 1 is 1.00 bits per heavy atom. The van der Waals surface area contributed by atoms with Gasteiger partial charge in [-0.25, -0.2) is 0 Å². The maximum atomic E-state index is 4.63. The molecule has 1 radical (unpaired) electrons. The van der Waals surface area contributed by atoms with Crippen LogP contribution in [0.4, 0.5) is 0 Å². The number of aryl methyl sites for hydroxylation is 2. The Morgan fingerprint density at radius 2 is 1.77 bits per heavy atom. The zero-order valence-corrected chi connectivity index (χ0v) is 15.8. The van der Waals surface area contributed by atoms with E-state index in [0.717, 1.165) is 16.8 Å². The summed E-state index contributed by atoms with van der Waals surface area (Å²) in [6.07, 6.45) is 1.89. The Hall–Kier alpha value is -1.50. The number of benzene rings is 2. The molecule has 0 aliphatic heterocycles. The van der Waals surface area contributed by atoms with E-state index in [1.54, 1.807) is 0 Å². The maximum Gasteiger partial charge on any atom is 0.0167 e. The first-order valence-electron chi connectivity index (χ1n) is 7.44. The van der Waals surface area contributed by atoms with Crippen molar-refractivity contribution in [2.24, 2.45) is 0 Å². The van der Waals surface area contributed by atoms with Gasteiger partial charge >= 0.3 is 0 Å². The Labute approximate surface area is 146 Å². The van der Waals surface area contributed by atoms with Crippen molar-refractivity contribution in [3.63, 3.8) is 0 Å². The first kappa shape index (κ1) is 16.9. The summed E-state index contributed by atoms with van der Waals surface area (Å²) in [5.41, 5.74) is 5.87. The molecule has 2 aromatic carbocycles. The first-order valence-corrected chi connectivity index (χ1v) is 7.44. The molecule has 0 saturated heterocycles. The third-order valence-electron chi connectivity index (χ3n) is 3.86. The molecule has 3 aromatic rings. The number of fused-ring (bicyclic) bond motifs is 1. The van der Waals surface area contributed by atoms with Gasteiger partial charge in [-0.1, -0.05) is 45.9 Å². The van der Waals surface area contributed by atoms with Crippen LogP contribution in [0.1, 0.15) is 36.5 Å². The molecule has 0 aliphatic carbocycles. The van der Waals surface area contributed by atoms with Gasteiger partial charge in [0.2, 0.25) is 0 Å². The molecule has 3 rings (SSSR count). The molecule has 22 heavy (non-hydrogen) atoms. The van der Waals surface area contributed by atoms with Gasteiger partial charge in [0.05, 0.1) is 0 Å². The maximum absolute atomic E-state index is 4.63. The molecule has 0 aliphatic rings. The van der Waals surface area contributed by atoms with E-state index in [9.17, 15) is 0 Å². The molecular formula is C20H20IrN-. The standard InChI is InChI=1S/C20H20N.Ir/c1-13(2)17-6-5-16-7-8-21-20(19(16)12-17)18-10-14(3)9-15(4)11-18;/h5-10,12-13H,1-4H3;/q-1;. The van der Waals surface area contributed by atoms with Crippen LogP contribution < -0.4 is 0 Å². The second kappa shape index (κ2) is 6.73. The number of pyridine rings is 1. The molecule has 0 unspecified atom stereocenters. The molecule has 0 N–H and O–H groups in total. The molecule has 0 bridgehead atoms. The average molecular weight is 467 g/mol. The molecule has 0 atom stereocenters. The fourth-order valence-corrected chi connectivity index (χ4v) is 2.78. The summed E-state index contributed by atoms with van der Waals surface area (Å²) in [6.45, 7) is 8.65. The normalized spacial score (nSPS) is 10.8. The van der Waals surface area contributed by atoms with E-state index < -0.39 is 0 Å². The van der Waals surface area contributed by atoms with Crippen LogP contribution in [-0.4, -0.2) is 4.98 Å². The van der Waals surface area contributed by atoms with E-state index in [-0.39, 0.29) is 20.1 Å². The number of rotatable bonds is 2. The summed E-state index contributed by atoms with van der Waals surface area (Å²) in [5, 5.41) is 2.45. The molecule has 0 spiro atoms. The number of nitrogens with zero attached hydrogens (tertiary/aromatic N) is 1. The summed E-state index contributed by atoms with van der Waals surface area (Å²) >= 11 is 0. The van der Waals surface area contributed by atoms with Crippen LogP contribution in [0.15, 0.2) is 42.6 Å². The van der Waals surface area contributed by atoms with Crippen LogP contribution in [0.5, 0.6) is 0 Å². The van der Waals surface area contributed by atoms with Crippen molar-refractivity contribution in [2.75, 3.05) is 0 Å². The minimum absolute atomic E-state index is 0. The summed E-state index contributed by atoms with van der Waals surface area (Å²) in [5.74, 6) is 0.519. The molecule has 1 aromatic heterocycles. The second-order valence-electron chi connectivity index (χ2n) is 6.05. The minimum atomic E-state index is 0. The van der Waals surface area contributed by atoms with Crippen molar-refractivity contribution in [3.05, 3.63) is 65.4 Å². The van der Waals surface area contributed by atoms with E-state index in [1.165, 1.54) is 21.9 Å². The van der Waals surface area contributed by atoms with Crippen molar-refractivity contribution in [3.8, 4) is 11.3 Å². The largest absolute Gasteiger partial charge is 0.304 e. The molecule has 1 heterocycles. The molecule has 2 heteroatoms. The Kier molecular flexibility index (Phi) is 5.16. The quantitative estimate of drug-likeness (QED) is 0.459. The van der Waals surface area contributed by atoms with E-state index in [1.807, 2.05) is 6.20 Å². The zero-order chi connectivity index (χ0) is 15.0. The third-order valence-corrected chi connectivity index (χ3v) is 3.86. The fraction of sp³-hybridized carbons (Fsp3) is 0.250. The molecule has 0 saturated carbocycles. The molecule has 0 fully saturated rings. The van der Waals surface area contributed by atoms with Crippen molar-refractivity contribution < 1.29 is 20.1 Å². The van der Waals surface area contributed by atoms with Crippen LogP contribution in [-0.2, 0) is 20.1 Å². The first-order chi connectivity index (χ1) is 10.0. The van der Waals surface area contributed by atoms with Crippen molar-refractivity contribution in [1.82, 2.24) is 4.98 Å². The van der Waals surface area contributed by atoms with Gasteiger partial charge in [-0.15, -0.1) is 34.9 Å². The summed E-state index contributed by atoms with van der Waals surface area (Å²) < 4.78 is 0. The van der Waals surface area contributed by atoms with Gasteiger partial charge < -0.3 is 4.98 Å². The van der Waals surface area contributed by atoms with Gasteiger partial charge in [0, 0.05) is 26.3 Å². The SMILES string of the molecule is Cc1[c-]c(-c2nccc3ccc(C(C)C)cc23)cc(C)c1.[Ir]. The van der Waals surface area contributed by atoms with Gasteiger partial charge in [-0.2, -0.15) is 0 Å².